The fraction of sp³-hybridized carbons (Fsp3) is 0.357. The molecule has 0 aliphatic carbocycles. The smallest absolute Gasteiger partial charge is 0.313 e. The van der Waals surface area contributed by atoms with Gasteiger partial charge in [-0.25, -0.2) is 0 Å². The van der Waals surface area contributed by atoms with Gasteiger partial charge in [-0.3, -0.25) is 9.59 Å². The number of nitrogens with one attached hydrogen (secondary N) is 2. The Morgan fingerprint density at radius 3 is 2.85 bits per heavy atom. The van der Waals surface area contributed by atoms with Gasteiger partial charge in [0.2, 0.25) is 0 Å². The second kappa shape index (κ2) is 6.68. The van der Waals surface area contributed by atoms with Crippen molar-refractivity contribution in [1.82, 2.24) is 5.32 Å². The molecule has 6 heteroatoms. The molecule has 20 heavy (non-hydrogen) atoms. The molecule has 1 aromatic rings. The maximum Gasteiger partial charge on any atom is 0.313 e. The molecule has 2 amide bonds. The molecule has 2 N–H and O–H groups in total. The summed E-state index contributed by atoms with van der Waals surface area (Å²) in [5.74, 6) is -1.51. The zero-order chi connectivity index (χ0) is 14.4. The number of rotatable bonds is 3. The number of amides is 2. The van der Waals surface area contributed by atoms with Gasteiger partial charge in [0.05, 0.1) is 17.4 Å². The average molecular weight is 273 g/mol. The van der Waals surface area contributed by atoms with Gasteiger partial charge in [0.15, 0.2) is 0 Å². The molecule has 0 bridgehead atoms. The first-order valence-electron chi connectivity index (χ1n) is 6.40. The van der Waals surface area contributed by atoms with E-state index >= 15 is 0 Å². The highest BCUT2D eigenvalue weighted by Crippen LogP contribution is 2.13. The van der Waals surface area contributed by atoms with Crippen molar-refractivity contribution in [2.24, 2.45) is 0 Å². The second-order valence-corrected chi connectivity index (χ2v) is 4.46. The zero-order valence-electron chi connectivity index (χ0n) is 10.9. The lowest BCUT2D eigenvalue weighted by Crippen LogP contribution is -2.39. The Labute approximate surface area is 116 Å². The maximum absolute atomic E-state index is 11.7. The van der Waals surface area contributed by atoms with E-state index in [0.29, 0.717) is 24.4 Å². The number of ether oxygens (including phenoxy) is 1. The fourth-order valence-corrected chi connectivity index (χ4v) is 1.96. The number of carbonyl (C=O) groups is 2. The number of benzene rings is 1. The molecule has 1 aromatic carbocycles. The molecule has 1 fully saturated rings. The molecule has 1 aliphatic rings. The highest BCUT2D eigenvalue weighted by molar-refractivity contribution is 6.39. The Balaban J connectivity index is 1.87. The molecule has 2 rings (SSSR count). The summed E-state index contributed by atoms with van der Waals surface area (Å²) < 4.78 is 5.35. The third kappa shape index (κ3) is 3.56. The molecule has 104 valence electrons. The van der Waals surface area contributed by atoms with Gasteiger partial charge in [-0.1, -0.05) is 12.1 Å². The summed E-state index contributed by atoms with van der Waals surface area (Å²) in [5, 5.41) is 13.8. The third-order valence-electron chi connectivity index (χ3n) is 3.02. The zero-order valence-corrected chi connectivity index (χ0v) is 10.9. The number of nitriles is 1. The van der Waals surface area contributed by atoms with Crippen molar-refractivity contribution >= 4 is 17.5 Å². The quantitative estimate of drug-likeness (QED) is 0.797. The van der Waals surface area contributed by atoms with Gasteiger partial charge in [0.1, 0.15) is 6.07 Å². The van der Waals surface area contributed by atoms with Crippen LogP contribution >= 0.6 is 0 Å². The van der Waals surface area contributed by atoms with E-state index in [1.54, 1.807) is 24.3 Å². The standard InChI is InChI=1S/C14H15N3O3/c15-8-10-4-1-2-6-12(10)17-14(19)13(18)16-9-11-5-3-7-20-11/h1-2,4,6,11H,3,5,7,9H2,(H,16,18)(H,17,19)/t11-/m0/s1. The van der Waals surface area contributed by atoms with Crippen LogP contribution in [0.15, 0.2) is 24.3 Å². The first kappa shape index (κ1) is 14.0. The van der Waals surface area contributed by atoms with Crippen molar-refractivity contribution in [2.45, 2.75) is 18.9 Å². The molecule has 1 aliphatic heterocycles. The monoisotopic (exact) mass is 273 g/mol. The number of para-hydroxylation sites is 1. The summed E-state index contributed by atoms with van der Waals surface area (Å²) in [5.41, 5.74) is 0.639. The summed E-state index contributed by atoms with van der Waals surface area (Å²) in [7, 11) is 0. The molecule has 0 spiro atoms. The van der Waals surface area contributed by atoms with E-state index in [1.807, 2.05) is 6.07 Å². The van der Waals surface area contributed by atoms with E-state index in [9.17, 15) is 9.59 Å². The Morgan fingerprint density at radius 2 is 2.15 bits per heavy atom. The van der Waals surface area contributed by atoms with Crippen LogP contribution in [-0.4, -0.2) is 31.1 Å². The molecule has 0 aromatic heterocycles. The van der Waals surface area contributed by atoms with Crippen molar-refractivity contribution < 1.29 is 14.3 Å². The van der Waals surface area contributed by atoms with E-state index in [-0.39, 0.29) is 6.10 Å². The van der Waals surface area contributed by atoms with Crippen LogP contribution in [0.25, 0.3) is 0 Å². The van der Waals surface area contributed by atoms with E-state index in [4.69, 9.17) is 10.00 Å². The van der Waals surface area contributed by atoms with Crippen molar-refractivity contribution in [1.29, 1.82) is 5.26 Å². The highest BCUT2D eigenvalue weighted by atomic mass is 16.5. The van der Waals surface area contributed by atoms with Crippen molar-refractivity contribution in [3.63, 3.8) is 0 Å². The van der Waals surface area contributed by atoms with Gasteiger partial charge in [-0.15, -0.1) is 0 Å². The van der Waals surface area contributed by atoms with Crippen LogP contribution in [0.2, 0.25) is 0 Å². The first-order valence-corrected chi connectivity index (χ1v) is 6.40. The van der Waals surface area contributed by atoms with Gasteiger partial charge in [-0.2, -0.15) is 5.26 Å². The number of nitrogens with zero attached hydrogens (tertiary/aromatic N) is 1. The Bertz CT molecular complexity index is 545. The minimum absolute atomic E-state index is 0.0156. The third-order valence-corrected chi connectivity index (χ3v) is 3.02. The van der Waals surface area contributed by atoms with E-state index in [0.717, 1.165) is 12.8 Å². The second-order valence-electron chi connectivity index (χ2n) is 4.46. The van der Waals surface area contributed by atoms with E-state index < -0.39 is 11.8 Å². The Hall–Kier alpha value is -2.39. The number of anilines is 1. The summed E-state index contributed by atoms with van der Waals surface area (Å²) >= 11 is 0. The van der Waals surface area contributed by atoms with Gasteiger partial charge >= 0.3 is 11.8 Å². The minimum atomic E-state index is -0.786. The van der Waals surface area contributed by atoms with Gasteiger partial charge < -0.3 is 15.4 Å². The average Bonchev–Trinajstić information content (AvgIpc) is 2.98. The molecule has 1 saturated heterocycles. The van der Waals surface area contributed by atoms with Crippen LogP contribution in [0.5, 0.6) is 0 Å². The number of hydrogen-bond donors (Lipinski definition) is 2. The van der Waals surface area contributed by atoms with Crippen LogP contribution in [0.3, 0.4) is 0 Å². The lowest BCUT2D eigenvalue weighted by molar-refractivity contribution is -0.136. The minimum Gasteiger partial charge on any atom is -0.376 e. The molecule has 1 heterocycles. The number of carbonyl (C=O) groups excluding carboxylic acids is 2. The largest absolute Gasteiger partial charge is 0.376 e. The van der Waals surface area contributed by atoms with E-state index in [1.165, 1.54) is 0 Å². The number of hydrogen-bond acceptors (Lipinski definition) is 4. The van der Waals surface area contributed by atoms with Gasteiger partial charge in [0.25, 0.3) is 0 Å². The molecule has 0 unspecified atom stereocenters. The topological polar surface area (TPSA) is 91.2 Å². The summed E-state index contributed by atoms with van der Waals surface area (Å²) in [6.45, 7) is 1.02. The van der Waals surface area contributed by atoms with Crippen LogP contribution < -0.4 is 10.6 Å². The van der Waals surface area contributed by atoms with Crippen molar-refractivity contribution in [3.8, 4) is 6.07 Å². The molecule has 6 nitrogen and oxygen atoms in total. The highest BCUT2D eigenvalue weighted by Gasteiger charge is 2.19. The van der Waals surface area contributed by atoms with Crippen LogP contribution in [-0.2, 0) is 14.3 Å². The molecule has 0 radical (unpaired) electrons. The van der Waals surface area contributed by atoms with Crippen LogP contribution in [0.4, 0.5) is 5.69 Å². The predicted molar refractivity (Wildman–Crippen MR) is 71.8 cm³/mol. The van der Waals surface area contributed by atoms with Gasteiger partial charge in [0, 0.05) is 13.2 Å². The Kier molecular flexibility index (Phi) is 4.69. The summed E-state index contributed by atoms with van der Waals surface area (Å²) in [6.07, 6.45) is 1.85. The van der Waals surface area contributed by atoms with Crippen molar-refractivity contribution in [2.75, 3.05) is 18.5 Å². The molecular formula is C14H15N3O3. The van der Waals surface area contributed by atoms with Gasteiger partial charge in [-0.05, 0) is 25.0 Å². The fourth-order valence-electron chi connectivity index (χ4n) is 1.96. The lowest BCUT2D eigenvalue weighted by Gasteiger charge is -2.11. The Morgan fingerprint density at radius 1 is 1.35 bits per heavy atom. The molecule has 0 saturated carbocycles. The SMILES string of the molecule is N#Cc1ccccc1NC(=O)C(=O)NC[C@@H]1CCCO1. The normalized spacial score (nSPS) is 17.2. The summed E-state index contributed by atoms with van der Waals surface area (Å²) in [4.78, 5) is 23.4. The maximum atomic E-state index is 11.7. The van der Waals surface area contributed by atoms with Crippen LogP contribution in [0.1, 0.15) is 18.4 Å². The van der Waals surface area contributed by atoms with Crippen molar-refractivity contribution in [3.05, 3.63) is 29.8 Å². The molecule has 1 atom stereocenters. The summed E-state index contributed by atoms with van der Waals surface area (Å²) in [6, 6.07) is 8.46. The lowest BCUT2D eigenvalue weighted by atomic mass is 10.2. The first-order chi connectivity index (χ1) is 9.70. The predicted octanol–water partition coefficient (Wildman–Crippen LogP) is 0.792. The molecular weight excluding hydrogens is 258 g/mol. The van der Waals surface area contributed by atoms with E-state index in [2.05, 4.69) is 10.6 Å². The van der Waals surface area contributed by atoms with Crippen LogP contribution in [0, 0.1) is 11.3 Å².